The van der Waals surface area contributed by atoms with E-state index in [0.29, 0.717) is 16.9 Å². The summed E-state index contributed by atoms with van der Waals surface area (Å²) in [5.41, 5.74) is 1.94. The SMILES string of the molecule is Cc1cnc(C(=O)Nc2ccc(S(N)(=O)=O)cc2C)cn1. The summed E-state index contributed by atoms with van der Waals surface area (Å²) in [6, 6.07) is 4.21. The highest BCUT2D eigenvalue weighted by molar-refractivity contribution is 7.89. The number of nitrogens with one attached hydrogen (secondary N) is 1. The molecule has 0 aliphatic heterocycles. The lowest BCUT2D eigenvalue weighted by molar-refractivity contribution is 0.102. The summed E-state index contributed by atoms with van der Waals surface area (Å²) in [7, 11) is -3.76. The molecule has 0 unspecified atom stereocenters. The predicted octanol–water partition coefficient (Wildman–Crippen LogP) is 0.993. The van der Waals surface area contributed by atoms with Crippen LogP contribution in [0.15, 0.2) is 35.5 Å². The highest BCUT2D eigenvalue weighted by Gasteiger charge is 2.12. The minimum atomic E-state index is -3.76. The first-order valence-corrected chi connectivity index (χ1v) is 7.55. The fraction of sp³-hybridized carbons (Fsp3) is 0.154. The van der Waals surface area contributed by atoms with Gasteiger partial charge in [-0.05, 0) is 37.6 Å². The number of amides is 1. The lowest BCUT2D eigenvalue weighted by Gasteiger charge is -2.09. The van der Waals surface area contributed by atoms with Gasteiger partial charge in [0.25, 0.3) is 5.91 Å². The van der Waals surface area contributed by atoms with E-state index in [9.17, 15) is 13.2 Å². The third kappa shape index (κ3) is 3.61. The second kappa shape index (κ2) is 5.58. The molecule has 0 aliphatic carbocycles. The topological polar surface area (TPSA) is 115 Å². The van der Waals surface area contributed by atoms with Gasteiger partial charge in [0.2, 0.25) is 10.0 Å². The molecule has 0 atom stereocenters. The number of hydrogen-bond donors (Lipinski definition) is 2. The maximum Gasteiger partial charge on any atom is 0.275 e. The number of aryl methyl sites for hydroxylation is 2. The van der Waals surface area contributed by atoms with Gasteiger partial charge in [-0.3, -0.25) is 9.78 Å². The van der Waals surface area contributed by atoms with Crippen molar-refractivity contribution in [2.75, 3.05) is 5.32 Å². The first kappa shape index (κ1) is 15.1. The fourth-order valence-corrected chi connectivity index (χ4v) is 2.25. The molecule has 3 N–H and O–H groups in total. The normalized spacial score (nSPS) is 11.2. The monoisotopic (exact) mass is 306 g/mol. The summed E-state index contributed by atoms with van der Waals surface area (Å²) in [5, 5.41) is 7.70. The van der Waals surface area contributed by atoms with Crippen LogP contribution >= 0.6 is 0 Å². The van der Waals surface area contributed by atoms with Crippen molar-refractivity contribution in [3.8, 4) is 0 Å². The van der Waals surface area contributed by atoms with Gasteiger partial charge in [-0.1, -0.05) is 0 Å². The van der Waals surface area contributed by atoms with Crippen molar-refractivity contribution in [1.29, 1.82) is 0 Å². The van der Waals surface area contributed by atoms with Crippen molar-refractivity contribution in [3.63, 3.8) is 0 Å². The summed E-state index contributed by atoms with van der Waals surface area (Å²) in [6.45, 7) is 3.44. The number of carbonyl (C=O) groups excluding carboxylic acids is 1. The number of hydrogen-bond acceptors (Lipinski definition) is 5. The van der Waals surface area contributed by atoms with Gasteiger partial charge in [0.05, 0.1) is 16.8 Å². The highest BCUT2D eigenvalue weighted by Crippen LogP contribution is 2.19. The van der Waals surface area contributed by atoms with Crippen LogP contribution in [0.5, 0.6) is 0 Å². The van der Waals surface area contributed by atoms with E-state index >= 15 is 0 Å². The van der Waals surface area contributed by atoms with Gasteiger partial charge >= 0.3 is 0 Å². The summed E-state index contributed by atoms with van der Waals surface area (Å²) in [6.07, 6.45) is 2.87. The number of aromatic nitrogens is 2. The van der Waals surface area contributed by atoms with Crippen molar-refractivity contribution in [2.24, 2.45) is 5.14 Å². The molecule has 1 aromatic heterocycles. The van der Waals surface area contributed by atoms with Crippen molar-refractivity contribution in [3.05, 3.63) is 47.5 Å². The van der Waals surface area contributed by atoms with E-state index in [2.05, 4.69) is 15.3 Å². The smallest absolute Gasteiger partial charge is 0.275 e. The van der Waals surface area contributed by atoms with E-state index in [4.69, 9.17) is 5.14 Å². The van der Waals surface area contributed by atoms with E-state index in [-0.39, 0.29) is 10.6 Å². The van der Waals surface area contributed by atoms with Gasteiger partial charge in [0.1, 0.15) is 5.69 Å². The van der Waals surface area contributed by atoms with Crippen molar-refractivity contribution in [2.45, 2.75) is 18.7 Å². The molecule has 0 saturated carbocycles. The minimum absolute atomic E-state index is 0.00636. The largest absolute Gasteiger partial charge is 0.320 e. The van der Waals surface area contributed by atoms with Crippen LogP contribution in [0.3, 0.4) is 0 Å². The number of sulfonamides is 1. The molecule has 0 radical (unpaired) electrons. The Balaban J connectivity index is 2.24. The highest BCUT2D eigenvalue weighted by atomic mass is 32.2. The number of rotatable bonds is 3. The molecule has 2 rings (SSSR count). The number of anilines is 1. The molecule has 21 heavy (non-hydrogen) atoms. The van der Waals surface area contributed by atoms with Crippen LogP contribution < -0.4 is 10.5 Å². The molecule has 0 fully saturated rings. The van der Waals surface area contributed by atoms with Crippen LogP contribution in [0, 0.1) is 13.8 Å². The van der Waals surface area contributed by atoms with Crippen molar-refractivity contribution < 1.29 is 13.2 Å². The molecule has 0 bridgehead atoms. The van der Waals surface area contributed by atoms with E-state index in [0.717, 1.165) is 0 Å². The van der Waals surface area contributed by atoms with Gasteiger partial charge < -0.3 is 5.32 Å². The fourth-order valence-electron chi connectivity index (χ4n) is 1.65. The van der Waals surface area contributed by atoms with Crippen LogP contribution in [0.4, 0.5) is 5.69 Å². The minimum Gasteiger partial charge on any atom is -0.320 e. The van der Waals surface area contributed by atoms with Crippen LogP contribution in [0.2, 0.25) is 0 Å². The second-order valence-corrected chi connectivity index (χ2v) is 6.08. The Hall–Kier alpha value is -2.32. The molecule has 110 valence electrons. The quantitative estimate of drug-likeness (QED) is 0.877. The summed E-state index contributed by atoms with van der Waals surface area (Å²) in [5.74, 6) is -0.422. The maximum atomic E-state index is 12.0. The zero-order valence-corrected chi connectivity index (χ0v) is 12.3. The van der Waals surface area contributed by atoms with Crippen molar-refractivity contribution in [1.82, 2.24) is 9.97 Å². The molecular weight excluding hydrogens is 292 g/mol. The zero-order valence-electron chi connectivity index (χ0n) is 11.5. The molecule has 7 nitrogen and oxygen atoms in total. The van der Waals surface area contributed by atoms with Gasteiger partial charge in [-0.25, -0.2) is 18.5 Å². The number of primary sulfonamides is 1. The Kier molecular flexibility index (Phi) is 4.01. The Labute approximate surface area is 122 Å². The third-order valence-electron chi connectivity index (χ3n) is 2.79. The summed E-state index contributed by atoms with van der Waals surface area (Å²) >= 11 is 0. The van der Waals surface area contributed by atoms with Gasteiger partial charge in [0.15, 0.2) is 0 Å². The van der Waals surface area contributed by atoms with Crippen LogP contribution in [-0.4, -0.2) is 24.3 Å². The van der Waals surface area contributed by atoms with Gasteiger partial charge in [-0.2, -0.15) is 0 Å². The predicted molar refractivity (Wildman–Crippen MR) is 77.3 cm³/mol. The standard InChI is InChI=1S/C13H14N4O3S/c1-8-5-10(21(14,19)20)3-4-11(8)17-13(18)12-7-15-9(2)6-16-12/h3-7H,1-2H3,(H,17,18)(H2,14,19,20). The molecule has 1 amide bonds. The van der Waals surface area contributed by atoms with Gasteiger partial charge in [0, 0.05) is 11.9 Å². The molecule has 2 aromatic rings. The second-order valence-electron chi connectivity index (χ2n) is 4.52. The van der Waals surface area contributed by atoms with Gasteiger partial charge in [-0.15, -0.1) is 0 Å². The summed E-state index contributed by atoms with van der Waals surface area (Å²) in [4.78, 5) is 20.0. The Bertz CT molecular complexity index is 786. The molecule has 0 aliphatic rings. The number of carbonyl (C=O) groups is 1. The van der Waals surface area contributed by atoms with Crippen molar-refractivity contribution >= 4 is 21.6 Å². The molecule has 8 heteroatoms. The molecular formula is C13H14N4O3S. The molecule has 0 saturated heterocycles. The average Bonchev–Trinajstić information content (AvgIpc) is 2.40. The summed E-state index contributed by atoms with van der Waals surface area (Å²) < 4.78 is 22.5. The first-order valence-electron chi connectivity index (χ1n) is 6.01. The number of benzene rings is 1. The third-order valence-corrected chi connectivity index (χ3v) is 3.70. The Morgan fingerprint density at radius 1 is 1.19 bits per heavy atom. The van der Waals surface area contributed by atoms with Crippen LogP contribution in [0.1, 0.15) is 21.7 Å². The number of nitrogens with zero attached hydrogens (tertiary/aromatic N) is 2. The van der Waals surface area contributed by atoms with Crippen LogP contribution in [-0.2, 0) is 10.0 Å². The zero-order chi connectivity index (χ0) is 15.6. The van der Waals surface area contributed by atoms with E-state index in [1.807, 2.05) is 0 Å². The Morgan fingerprint density at radius 2 is 1.90 bits per heavy atom. The maximum absolute atomic E-state index is 12.0. The lowest BCUT2D eigenvalue weighted by Crippen LogP contribution is -2.16. The first-order chi connectivity index (χ1) is 9.77. The molecule has 1 aromatic carbocycles. The molecule has 1 heterocycles. The van der Waals surface area contributed by atoms with Crippen LogP contribution in [0.25, 0.3) is 0 Å². The Morgan fingerprint density at radius 3 is 2.43 bits per heavy atom. The van der Waals surface area contributed by atoms with E-state index < -0.39 is 15.9 Å². The van der Waals surface area contributed by atoms with E-state index in [1.54, 1.807) is 13.8 Å². The molecule has 0 spiro atoms. The lowest BCUT2D eigenvalue weighted by atomic mass is 10.2. The van der Waals surface area contributed by atoms with E-state index in [1.165, 1.54) is 30.6 Å². The number of nitrogens with two attached hydrogens (primary N) is 1. The average molecular weight is 306 g/mol.